The summed E-state index contributed by atoms with van der Waals surface area (Å²) in [5.41, 5.74) is -4.71. The summed E-state index contributed by atoms with van der Waals surface area (Å²) in [5.74, 6) is -0.810. The second-order valence-electron chi connectivity index (χ2n) is 14.6. The van der Waals surface area contributed by atoms with E-state index in [0.717, 1.165) is 12.1 Å². The first-order chi connectivity index (χ1) is 20.9. The van der Waals surface area contributed by atoms with E-state index in [0.29, 0.717) is 30.6 Å². The largest absolute Gasteiger partial charge is 0.467 e. The van der Waals surface area contributed by atoms with E-state index in [4.69, 9.17) is 14.0 Å². The Morgan fingerprint density at radius 2 is 1.80 bits per heavy atom. The van der Waals surface area contributed by atoms with Gasteiger partial charge in [0, 0.05) is 11.5 Å². The van der Waals surface area contributed by atoms with Crippen LogP contribution in [0.25, 0.3) is 0 Å². The number of aliphatic hydroxyl groups excluding tert-OH is 1. The number of methoxy groups -OCH3 is 1. The number of ether oxygens (including phenoxy) is 2. The maximum atomic E-state index is 13.8. The van der Waals surface area contributed by atoms with Gasteiger partial charge in [-0.05, 0) is 52.5 Å². The number of nitrogens with zero attached hydrogens (tertiary/aromatic N) is 2. The zero-order valence-corrected chi connectivity index (χ0v) is 27.8. The van der Waals surface area contributed by atoms with E-state index < -0.39 is 45.7 Å². The number of aryl methyl sites for hydroxylation is 1. The molecule has 2 amide bonds. The van der Waals surface area contributed by atoms with Gasteiger partial charge >= 0.3 is 5.97 Å². The Morgan fingerprint density at radius 3 is 2.42 bits per heavy atom. The molecule has 0 saturated carbocycles. The fraction of sp³-hybridized carbons (Fsp3) is 0.647. The minimum atomic E-state index is -1.70. The molecular formula is C34H49N3O8. The lowest BCUT2D eigenvalue weighted by Crippen LogP contribution is -2.66. The molecule has 248 valence electrons. The normalized spacial score (nSPS) is 25.2. The van der Waals surface area contributed by atoms with Gasteiger partial charge in [0.15, 0.2) is 11.3 Å². The van der Waals surface area contributed by atoms with Crippen molar-refractivity contribution in [1.82, 2.24) is 15.4 Å². The van der Waals surface area contributed by atoms with Crippen LogP contribution in [0.5, 0.6) is 0 Å². The molecule has 0 spiro atoms. The second kappa shape index (κ2) is 12.5. The van der Waals surface area contributed by atoms with Gasteiger partial charge in [-0.1, -0.05) is 69.1 Å². The SMILES string of the molecule is COC(=O)[C@]12CO[C@H](C(C)(C)C)N1C(=O)C(C)(C)[C@@]2(O)CCCCCc1cc(CNC(=O)C(C)(C)C(O)c2ccccc2)on1. The predicted octanol–water partition coefficient (Wildman–Crippen LogP) is 4.07. The Kier molecular flexibility index (Phi) is 9.60. The maximum Gasteiger partial charge on any atom is 0.337 e. The van der Waals surface area contributed by atoms with E-state index in [1.807, 2.05) is 39.0 Å². The van der Waals surface area contributed by atoms with E-state index in [-0.39, 0.29) is 31.4 Å². The third kappa shape index (κ3) is 5.90. The Hall–Kier alpha value is -3.28. The molecule has 11 heteroatoms. The first-order valence-electron chi connectivity index (χ1n) is 15.7. The number of hydrogen-bond donors (Lipinski definition) is 3. The van der Waals surface area contributed by atoms with Crippen LogP contribution in [-0.4, -0.2) is 69.1 Å². The van der Waals surface area contributed by atoms with Crippen molar-refractivity contribution < 1.29 is 38.6 Å². The van der Waals surface area contributed by atoms with Crippen LogP contribution in [0.3, 0.4) is 0 Å². The first-order valence-corrected chi connectivity index (χ1v) is 15.7. The maximum absolute atomic E-state index is 13.8. The summed E-state index contributed by atoms with van der Waals surface area (Å²) >= 11 is 0. The lowest BCUT2D eigenvalue weighted by atomic mass is 9.65. The molecule has 2 aliphatic rings. The van der Waals surface area contributed by atoms with E-state index in [1.54, 1.807) is 45.9 Å². The number of benzene rings is 1. The lowest BCUT2D eigenvalue weighted by molar-refractivity contribution is -0.173. The minimum absolute atomic E-state index is 0.131. The van der Waals surface area contributed by atoms with Crippen LogP contribution in [0.4, 0.5) is 0 Å². The molecule has 1 unspecified atom stereocenters. The number of esters is 1. The monoisotopic (exact) mass is 627 g/mol. The topological polar surface area (TPSA) is 151 Å². The van der Waals surface area contributed by atoms with Crippen molar-refractivity contribution in [2.24, 2.45) is 16.2 Å². The molecule has 3 heterocycles. The van der Waals surface area contributed by atoms with Gasteiger partial charge in [0.2, 0.25) is 11.8 Å². The third-order valence-electron chi connectivity index (χ3n) is 9.72. The Morgan fingerprint density at radius 1 is 1.13 bits per heavy atom. The van der Waals surface area contributed by atoms with Gasteiger partial charge in [0.25, 0.3) is 0 Å². The van der Waals surface area contributed by atoms with Crippen molar-refractivity contribution in [2.75, 3.05) is 13.7 Å². The molecule has 1 aromatic carbocycles. The van der Waals surface area contributed by atoms with E-state index in [2.05, 4.69) is 10.5 Å². The summed E-state index contributed by atoms with van der Waals surface area (Å²) in [7, 11) is 1.27. The van der Waals surface area contributed by atoms with Crippen LogP contribution in [0, 0.1) is 16.2 Å². The van der Waals surface area contributed by atoms with Crippen LogP contribution < -0.4 is 5.32 Å². The molecule has 4 atom stereocenters. The smallest absolute Gasteiger partial charge is 0.337 e. The zero-order chi connectivity index (χ0) is 33.4. The second-order valence-corrected chi connectivity index (χ2v) is 14.6. The molecular weight excluding hydrogens is 578 g/mol. The van der Waals surface area contributed by atoms with Gasteiger partial charge in [-0.2, -0.15) is 0 Å². The molecule has 1 aromatic heterocycles. The molecule has 0 bridgehead atoms. The number of aliphatic hydroxyl groups is 2. The summed E-state index contributed by atoms with van der Waals surface area (Å²) < 4.78 is 16.6. The molecule has 2 aromatic rings. The zero-order valence-electron chi connectivity index (χ0n) is 27.8. The molecule has 4 rings (SSSR count). The predicted molar refractivity (Wildman–Crippen MR) is 165 cm³/mol. The van der Waals surface area contributed by atoms with E-state index >= 15 is 0 Å². The van der Waals surface area contributed by atoms with Crippen LogP contribution >= 0.6 is 0 Å². The number of unbranched alkanes of at least 4 members (excludes halogenated alkanes) is 2. The Bertz CT molecular complexity index is 1380. The van der Waals surface area contributed by atoms with Gasteiger partial charge in [-0.3, -0.25) is 14.5 Å². The molecule has 3 N–H and O–H groups in total. The standard InChI is InChI=1S/C34H49N3O8/c1-30(2,3)28-37-27(40)32(6,7)34(42,33(37,21-44-28)29(41)43-8)18-14-10-13-17-23-19-24(45-36-23)20-35-26(39)31(4,5)25(38)22-15-11-9-12-16-22/h9,11-12,15-16,19,25,28,38,42H,10,13-14,17-18,20-21H2,1-8H3,(H,35,39)/t25?,28-,33+,34+/m1/s1. The van der Waals surface area contributed by atoms with Crippen LogP contribution in [0.1, 0.15) is 97.3 Å². The summed E-state index contributed by atoms with van der Waals surface area (Å²) in [6.07, 6.45) is 1.16. The number of fused-ring (bicyclic) bond motifs is 1. The van der Waals surface area contributed by atoms with E-state index in [1.165, 1.54) is 12.0 Å². The van der Waals surface area contributed by atoms with Gasteiger partial charge < -0.3 is 29.5 Å². The van der Waals surface area contributed by atoms with Crippen molar-refractivity contribution in [3.8, 4) is 0 Å². The molecule has 2 aliphatic heterocycles. The Balaban J connectivity index is 1.33. The van der Waals surface area contributed by atoms with Crippen molar-refractivity contribution in [2.45, 2.75) is 111 Å². The van der Waals surface area contributed by atoms with Gasteiger partial charge in [-0.15, -0.1) is 0 Å². The molecule has 0 aliphatic carbocycles. The number of hydrogen-bond acceptors (Lipinski definition) is 9. The molecule has 0 radical (unpaired) electrons. The lowest BCUT2D eigenvalue weighted by Gasteiger charge is -2.44. The summed E-state index contributed by atoms with van der Waals surface area (Å²) in [6, 6.07) is 10.9. The highest BCUT2D eigenvalue weighted by molar-refractivity contribution is 5.98. The van der Waals surface area contributed by atoms with Crippen LogP contribution in [0.15, 0.2) is 40.9 Å². The van der Waals surface area contributed by atoms with Gasteiger partial charge in [0.05, 0.1) is 42.9 Å². The van der Waals surface area contributed by atoms with Crippen LogP contribution in [-0.2, 0) is 36.8 Å². The average Bonchev–Trinajstić information content (AvgIpc) is 3.66. The fourth-order valence-corrected chi connectivity index (χ4v) is 6.78. The Labute approximate surface area is 265 Å². The summed E-state index contributed by atoms with van der Waals surface area (Å²) in [4.78, 5) is 41.5. The number of carbonyl (C=O) groups is 3. The van der Waals surface area contributed by atoms with Crippen molar-refractivity contribution in [3.05, 3.63) is 53.4 Å². The number of nitrogens with one attached hydrogen (secondary N) is 1. The van der Waals surface area contributed by atoms with Crippen molar-refractivity contribution in [1.29, 1.82) is 0 Å². The highest BCUT2D eigenvalue weighted by Crippen LogP contribution is 2.58. The van der Waals surface area contributed by atoms with Gasteiger partial charge in [-0.25, -0.2) is 4.79 Å². The average molecular weight is 628 g/mol. The summed E-state index contributed by atoms with van der Waals surface area (Å²) in [6.45, 7) is 12.6. The number of rotatable bonds is 12. The van der Waals surface area contributed by atoms with Crippen LogP contribution in [0.2, 0.25) is 0 Å². The van der Waals surface area contributed by atoms with Gasteiger partial charge in [0.1, 0.15) is 11.8 Å². The van der Waals surface area contributed by atoms with E-state index in [9.17, 15) is 24.6 Å². The van der Waals surface area contributed by atoms with Crippen molar-refractivity contribution >= 4 is 17.8 Å². The molecule has 45 heavy (non-hydrogen) atoms. The summed E-state index contributed by atoms with van der Waals surface area (Å²) in [5, 5.41) is 30.0. The molecule has 11 nitrogen and oxygen atoms in total. The van der Waals surface area contributed by atoms with Crippen molar-refractivity contribution in [3.63, 3.8) is 0 Å². The highest BCUT2D eigenvalue weighted by Gasteiger charge is 2.79. The first kappa shape index (κ1) is 34.6. The number of amides is 2. The molecule has 2 fully saturated rings. The number of carbonyl (C=O) groups excluding carboxylic acids is 3. The minimum Gasteiger partial charge on any atom is -0.467 e. The number of aromatic nitrogens is 1. The third-order valence-corrected chi connectivity index (χ3v) is 9.72. The highest BCUT2D eigenvalue weighted by atomic mass is 16.6. The quantitative estimate of drug-likeness (QED) is 0.234. The fourth-order valence-electron chi connectivity index (χ4n) is 6.78. The molecule has 2 saturated heterocycles.